The van der Waals surface area contributed by atoms with Crippen LogP contribution in [-0.4, -0.2) is 30.4 Å². The van der Waals surface area contributed by atoms with E-state index < -0.39 is 10.0 Å². The van der Waals surface area contributed by atoms with Gasteiger partial charge in [-0.1, -0.05) is 17.7 Å². The molecule has 0 aliphatic rings. The lowest BCUT2D eigenvalue weighted by Gasteiger charge is -2.17. The Balaban J connectivity index is 2.42. The highest BCUT2D eigenvalue weighted by Crippen LogP contribution is 2.19. The molecule has 0 bridgehead atoms. The van der Waals surface area contributed by atoms with E-state index in [1.54, 1.807) is 12.1 Å². The summed E-state index contributed by atoms with van der Waals surface area (Å²) in [6, 6.07) is 6.51. The largest absolute Gasteiger partial charge is 0.266 e. The van der Waals surface area contributed by atoms with Gasteiger partial charge in [0.15, 0.2) is 0 Å². The van der Waals surface area contributed by atoms with Gasteiger partial charge in [0.25, 0.3) is 10.0 Å². The molecule has 0 saturated carbocycles. The van der Waals surface area contributed by atoms with Gasteiger partial charge in [0.05, 0.1) is 4.90 Å². The van der Waals surface area contributed by atoms with E-state index in [4.69, 9.17) is 11.6 Å². The molecule has 0 aliphatic carbocycles. The van der Waals surface area contributed by atoms with Gasteiger partial charge in [-0.3, -0.25) is 0 Å². The van der Waals surface area contributed by atoms with Gasteiger partial charge in [-0.25, -0.2) is 22.7 Å². The van der Waals surface area contributed by atoms with Crippen molar-refractivity contribution in [3.05, 3.63) is 41.4 Å². The van der Waals surface area contributed by atoms with E-state index in [0.29, 0.717) is 0 Å². The molecule has 8 heteroatoms. The summed E-state index contributed by atoms with van der Waals surface area (Å²) in [5.41, 5.74) is 0.977. The predicted molar refractivity (Wildman–Crippen MR) is 71.6 cm³/mol. The predicted octanol–water partition coefficient (Wildman–Crippen LogP) is 1.66. The van der Waals surface area contributed by atoms with Crippen molar-refractivity contribution in [2.45, 2.75) is 11.8 Å². The zero-order valence-electron chi connectivity index (χ0n) is 10.3. The van der Waals surface area contributed by atoms with Crippen LogP contribution in [0.2, 0.25) is 5.28 Å². The molecule has 0 spiro atoms. The van der Waals surface area contributed by atoms with Crippen molar-refractivity contribution in [1.29, 1.82) is 0 Å². The molecule has 0 aliphatic heterocycles. The Bertz CT molecular complexity index is 688. The molecule has 100 valence electrons. The van der Waals surface area contributed by atoms with Crippen molar-refractivity contribution in [2.75, 3.05) is 11.4 Å². The molecule has 2 aromatic rings. The fourth-order valence-corrected chi connectivity index (χ4v) is 2.61. The first-order chi connectivity index (χ1) is 8.91. The van der Waals surface area contributed by atoms with E-state index >= 15 is 0 Å². The lowest BCUT2D eigenvalue weighted by Crippen LogP contribution is -2.28. The van der Waals surface area contributed by atoms with Crippen LogP contribution in [0.4, 0.5) is 5.95 Å². The van der Waals surface area contributed by atoms with Gasteiger partial charge < -0.3 is 0 Å². The number of hydrogen-bond acceptors (Lipinski definition) is 5. The summed E-state index contributed by atoms with van der Waals surface area (Å²) < 4.78 is 25.6. The lowest BCUT2D eigenvalue weighted by molar-refractivity contribution is 0.593. The second-order valence-electron chi connectivity index (χ2n) is 3.84. The van der Waals surface area contributed by atoms with E-state index in [2.05, 4.69) is 15.0 Å². The number of hydrogen-bond donors (Lipinski definition) is 0. The average Bonchev–Trinajstić information content (AvgIpc) is 2.38. The van der Waals surface area contributed by atoms with Crippen LogP contribution in [-0.2, 0) is 10.0 Å². The van der Waals surface area contributed by atoms with Crippen LogP contribution in [0.5, 0.6) is 0 Å². The van der Waals surface area contributed by atoms with Gasteiger partial charge in [-0.2, -0.15) is 4.98 Å². The SMILES string of the molecule is Cc1ccc(S(=O)(=O)N(C)c2ncnc(Cl)n2)cc1. The van der Waals surface area contributed by atoms with E-state index in [1.807, 2.05) is 6.92 Å². The molecule has 0 saturated heterocycles. The third kappa shape index (κ3) is 2.82. The summed E-state index contributed by atoms with van der Waals surface area (Å²) in [6.45, 7) is 1.88. The number of aromatic nitrogens is 3. The van der Waals surface area contributed by atoms with Crippen molar-refractivity contribution >= 4 is 27.6 Å². The first kappa shape index (κ1) is 13.7. The van der Waals surface area contributed by atoms with Crippen molar-refractivity contribution in [2.24, 2.45) is 0 Å². The Morgan fingerprint density at radius 2 is 1.79 bits per heavy atom. The lowest BCUT2D eigenvalue weighted by atomic mass is 10.2. The second kappa shape index (κ2) is 5.10. The van der Waals surface area contributed by atoms with Crippen LogP contribution >= 0.6 is 11.6 Å². The van der Waals surface area contributed by atoms with Gasteiger partial charge in [0, 0.05) is 7.05 Å². The van der Waals surface area contributed by atoms with Crippen LogP contribution in [0.15, 0.2) is 35.5 Å². The second-order valence-corrected chi connectivity index (χ2v) is 6.15. The molecule has 0 fully saturated rings. The quantitative estimate of drug-likeness (QED) is 0.861. The Kier molecular flexibility index (Phi) is 3.68. The Morgan fingerprint density at radius 3 is 2.37 bits per heavy atom. The summed E-state index contributed by atoms with van der Waals surface area (Å²) in [4.78, 5) is 11.3. The number of benzene rings is 1. The highest BCUT2D eigenvalue weighted by atomic mass is 35.5. The molecule has 1 heterocycles. The molecular formula is C11H11ClN4O2S. The normalized spacial score (nSPS) is 11.3. The first-order valence-electron chi connectivity index (χ1n) is 5.31. The minimum Gasteiger partial charge on any atom is -0.237 e. The molecule has 1 aromatic carbocycles. The first-order valence-corrected chi connectivity index (χ1v) is 7.13. The summed E-state index contributed by atoms with van der Waals surface area (Å²) in [5.74, 6) is -0.0272. The summed E-state index contributed by atoms with van der Waals surface area (Å²) in [7, 11) is -2.34. The van der Waals surface area contributed by atoms with Crippen LogP contribution < -0.4 is 4.31 Å². The van der Waals surface area contributed by atoms with Gasteiger partial charge in [-0.15, -0.1) is 0 Å². The molecule has 6 nitrogen and oxygen atoms in total. The molecule has 0 radical (unpaired) electrons. The molecular weight excluding hydrogens is 288 g/mol. The van der Waals surface area contributed by atoms with Gasteiger partial charge in [-0.05, 0) is 30.7 Å². The molecule has 19 heavy (non-hydrogen) atoms. The maximum Gasteiger partial charge on any atom is 0.266 e. The van der Waals surface area contributed by atoms with Crippen molar-refractivity contribution in [1.82, 2.24) is 15.0 Å². The van der Waals surface area contributed by atoms with Gasteiger partial charge in [0.1, 0.15) is 6.33 Å². The Labute approximate surface area is 116 Å². The minimum atomic E-state index is -3.70. The summed E-state index contributed by atoms with van der Waals surface area (Å²) in [6.07, 6.45) is 1.16. The highest BCUT2D eigenvalue weighted by Gasteiger charge is 2.23. The number of aryl methyl sites for hydroxylation is 1. The van der Waals surface area contributed by atoms with E-state index in [1.165, 1.54) is 19.2 Å². The van der Waals surface area contributed by atoms with Crippen molar-refractivity contribution in [3.63, 3.8) is 0 Å². The van der Waals surface area contributed by atoms with Crippen LogP contribution in [0.1, 0.15) is 5.56 Å². The molecule has 0 amide bonds. The topological polar surface area (TPSA) is 76.1 Å². The Hall–Kier alpha value is -1.73. The fraction of sp³-hybridized carbons (Fsp3) is 0.182. The fourth-order valence-electron chi connectivity index (χ4n) is 1.40. The number of anilines is 1. The molecule has 0 unspecified atom stereocenters. The van der Waals surface area contributed by atoms with E-state index in [9.17, 15) is 8.42 Å². The monoisotopic (exact) mass is 298 g/mol. The maximum absolute atomic E-state index is 12.3. The third-order valence-corrected chi connectivity index (χ3v) is 4.43. The Morgan fingerprint density at radius 1 is 1.16 bits per heavy atom. The van der Waals surface area contributed by atoms with Gasteiger partial charge >= 0.3 is 0 Å². The van der Waals surface area contributed by atoms with Crippen LogP contribution in [0, 0.1) is 6.92 Å². The minimum absolute atomic E-state index is 0.0272. The molecule has 1 aromatic heterocycles. The number of nitrogens with zero attached hydrogens (tertiary/aromatic N) is 4. The van der Waals surface area contributed by atoms with Crippen molar-refractivity contribution in [3.8, 4) is 0 Å². The summed E-state index contributed by atoms with van der Waals surface area (Å²) in [5, 5.41) is -0.0593. The van der Waals surface area contributed by atoms with Crippen LogP contribution in [0.25, 0.3) is 0 Å². The summed E-state index contributed by atoms with van der Waals surface area (Å²) >= 11 is 5.62. The highest BCUT2D eigenvalue weighted by molar-refractivity contribution is 7.92. The number of rotatable bonds is 3. The van der Waals surface area contributed by atoms with Gasteiger partial charge in [0.2, 0.25) is 11.2 Å². The molecule has 0 N–H and O–H groups in total. The standard InChI is InChI=1S/C11H11ClN4O2S/c1-8-3-5-9(6-4-8)19(17,18)16(2)11-14-7-13-10(12)15-11/h3-7H,1-2H3. The number of sulfonamides is 1. The van der Waals surface area contributed by atoms with E-state index in [0.717, 1.165) is 16.2 Å². The zero-order chi connectivity index (χ0) is 14.0. The third-order valence-electron chi connectivity index (χ3n) is 2.49. The number of halogens is 1. The maximum atomic E-state index is 12.3. The van der Waals surface area contributed by atoms with Crippen LogP contribution in [0.3, 0.4) is 0 Å². The molecule has 2 rings (SSSR count). The zero-order valence-corrected chi connectivity index (χ0v) is 11.9. The average molecular weight is 299 g/mol. The molecule has 0 atom stereocenters. The smallest absolute Gasteiger partial charge is 0.237 e. The van der Waals surface area contributed by atoms with E-state index in [-0.39, 0.29) is 16.1 Å². The van der Waals surface area contributed by atoms with Crippen molar-refractivity contribution < 1.29 is 8.42 Å².